The van der Waals surface area contributed by atoms with Gasteiger partial charge in [0.15, 0.2) is 0 Å². The third kappa shape index (κ3) is 2.82. The standard InChI is InChI=1S/C32H20BNO2/c1-4-10-27-22(7-1)17-18-34(27)24-15-13-21(14-16-24)23-19-30-32-31(20-23)36-29-12-6-3-9-26(29)33(32)25-8-2-5-11-28(25)35-30/h1-20H. The fourth-order valence-electron chi connectivity index (χ4n) is 5.68. The fourth-order valence-corrected chi connectivity index (χ4v) is 5.68. The highest BCUT2D eigenvalue weighted by Crippen LogP contribution is 2.38. The Morgan fingerprint density at radius 1 is 0.528 bits per heavy atom. The Labute approximate surface area is 209 Å². The summed E-state index contributed by atoms with van der Waals surface area (Å²) in [5.74, 6) is 3.54. The van der Waals surface area contributed by atoms with Crippen molar-refractivity contribution >= 4 is 34.0 Å². The number of ether oxygens (including phenoxy) is 2. The van der Waals surface area contributed by atoms with Gasteiger partial charge in [0.2, 0.25) is 0 Å². The molecule has 6 aromatic rings. The molecule has 36 heavy (non-hydrogen) atoms. The highest BCUT2D eigenvalue weighted by atomic mass is 16.5. The largest absolute Gasteiger partial charge is 0.458 e. The highest BCUT2D eigenvalue weighted by Gasteiger charge is 2.40. The van der Waals surface area contributed by atoms with Crippen molar-refractivity contribution in [2.24, 2.45) is 0 Å². The van der Waals surface area contributed by atoms with Gasteiger partial charge in [-0.1, -0.05) is 66.7 Å². The van der Waals surface area contributed by atoms with Gasteiger partial charge in [0.05, 0.1) is 5.52 Å². The fraction of sp³-hybridized carbons (Fsp3) is 0. The molecule has 2 aliphatic rings. The van der Waals surface area contributed by atoms with E-state index in [1.165, 1.54) is 21.8 Å². The average molecular weight is 461 g/mol. The van der Waals surface area contributed by atoms with Crippen LogP contribution in [0.1, 0.15) is 0 Å². The van der Waals surface area contributed by atoms with Crippen LogP contribution in [0.25, 0.3) is 27.7 Å². The summed E-state index contributed by atoms with van der Waals surface area (Å²) in [7, 11) is 0. The molecule has 0 amide bonds. The Hall–Kier alpha value is -4.70. The summed E-state index contributed by atoms with van der Waals surface area (Å²) in [6, 6.07) is 40.2. The number of hydrogen-bond donors (Lipinski definition) is 0. The Morgan fingerprint density at radius 2 is 1.14 bits per heavy atom. The maximum Gasteiger partial charge on any atom is 0.260 e. The van der Waals surface area contributed by atoms with Gasteiger partial charge in [-0.3, -0.25) is 0 Å². The van der Waals surface area contributed by atoms with Gasteiger partial charge in [0, 0.05) is 17.3 Å². The summed E-state index contributed by atoms with van der Waals surface area (Å²) in [5.41, 5.74) is 7.99. The lowest BCUT2D eigenvalue weighted by atomic mass is 9.35. The first kappa shape index (κ1) is 19.6. The number of benzene rings is 5. The van der Waals surface area contributed by atoms with E-state index in [4.69, 9.17) is 9.47 Å². The molecule has 2 aliphatic heterocycles. The Bertz CT molecular complexity index is 1730. The van der Waals surface area contributed by atoms with Crippen molar-refractivity contribution < 1.29 is 9.47 Å². The van der Waals surface area contributed by atoms with Gasteiger partial charge in [-0.05, 0) is 76.0 Å². The molecule has 0 unspecified atom stereocenters. The molecule has 0 aliphatic carbocycles. The van der Waals surface area contributed by atoms with Crippen molar-refractivity contribution in [1.29, 1.82) is 0 Å². The molecule has 0 atom stereocenters. The first-order valence-corrected chi connectivity index (χ1v) is 12.2. The van der Waals surface area contributed by atoms with Crippen LogP contribution in [0.4, 0.5) is 0 Å². The summed E-state index contributed by atoms with van der Waals surface area (Å²) < 4.78 is 15.1. The van der Waals surface area contributed by atoms with Gasteiger partial charge < -0.3 is 14.0 Å². The molecular formula is C32H20BNO2. The zero-order valence-corrected chi connectivity index (χ0v) is 19.4. The number of fused-ring (bicyclic) bond motifs is 5. The number of rotatable bonds is 2. The minimum absolute atomic E-state index is 0.100. The van der Waals surface area contributed by atoms with Gasteiger partial charge in [0.1, 0.15) is 23.0 Å². The number of aromatic nitrogens is 1. The van der Waals surface area contributed by atoms with Gasteiger partial charge >= 0.3 is 0 Å². The predicted octanol–water partition coefficient (Wildman–Crippen LogP) is 6.03. The Morgan fingerprint density at radius 3 is 1.83 bits per heavy atom. The van der Waals surface area contributed by atoms with Crippen LogP contribution in [0.5, 0.6) is 23.0 Å². The quantitative estimate of drug-likeness (QED) is 0.294. The lowest BCUT2D eigenvalue weighted by Gasteiger charge is -2.33. The molecule has 0 saturated heterocycles. The molecule has 0 radical (unpaired) electrons. The third-order valence-electron chi connectivity index (χ3n) is 7.37. The van der Waals surface area contributed by atoms with Crippen LogP contribution in [0.3, 0.4) is 0 Å². The molecule has 0 saturated carbocycles. The van der Waals surface area contributed by atoms with Crippen LogP contribution in [0.2, 0.25) is 0 Å². The van der Waals surface area contributed by atoms with Gasteiger partial charge in [-0.2, -0.15) is 0 Å². The minimum Gasteiger partial charge on any atom is -0.458 e. The maximum absolute atomic E-state index is 6.45. The smallest absolute Gasteiger partial charge is 0.260 e. The summed E-state index contributed by atoms with van der Waals surface area (Å²) >= 11 is 0. The summed E-state index contributed by atoms with van der Waals surface area (Å²) in [5, 5.41) is 1.24. The first-order chi connectivity index (χ1) is 17.8. The maximum atomic E-state index is 6.45. The van der Waals surface area contributed by atoms with E-state index in [2.05, 4.69) is 114 Å². The molecule has 4 heteroatoms. The summed E-state index contributed by atoms with van der Waals surface area (Å²) in [4.78, 5) is 0. The predicted molar refractivity (Wildman–Crippen MR) is 146 cm³/mol. The molecule has 0 fully saturated rings. The molecular weight excluding hydrogens is 441 g/mol. The van der Waals surface area contributed by atoms with Gasteiger partial charge in [0.25, 0.3) is 6.71 Å². The first-order valence-electron chi connectivity index (χ1n) is 12.2. The van der Waals surface area contributed by atoms with E-state index in [0.29, 0.717) is 0 Å². The lowest BCUT2D eigenvalue weighted by Crippen LogP contribution is -2.57. The molecule has 1 aromatic heterocycles. The average Bonchev–Trinajstić information content (AvgIpc) is 3.37. The lowest BCUT2D eigenvalue weighted by molar-refractivity contribution is 0.465. The molecule has 0 spiro atoms. The second-order valence-corrected chi connectivity index (χ2v) is 9.39. The molecule has 168 valence electrons. The third-order valence-corrected chi connectivity index (χ3v) is 7.37. The van der Waals surface area contributed by atoms with Crippen molar-refractivity contribution in [3.05, 3.63) is 121 Å². The molecule has 0 bridgehead atoms. The van der Waals surface area contributed by atoms with E-state index < -0.39 is 0 Å². The molecule has 3 nitrogen and oxygen atoms in total. The van der Waals surface area contributed by atoms with E-state index in [0.717, 1.165) is 45.3 Å². The van der Waals surface area contributed by atoms with Crippen LogP contribution in [-0.2, 0) is 0 Å². The topological polar surface area (TPSA) is 23.4 Å². The van der Waals surface area contributed by atoms with Crippen LogP contribution < -0.4 is 25.9 Å². The van der Waals surface area contributed by atoms with Crippen LogP contribution in [0.15, 0.2) is 121 Å². The minimum atomic E-state index is 0.100. The molecule has 5 aromatic carbocycles. The van der Waals surface area contributed by atoms with E-state index in [9.17, 15) is 0 Å². The monoisotopic (exact) mass is 461 g/mol. The van der Waals surface area contributed by atoms with Crippen LogP contribution in [-0.4, -0.2) is 11.3 Å². The van der Waals surface area contributed by atoms with Crippen molar-refractivity contribution in [3.8, 4) is 39.8 Å². The Kier molecular flexibility index (Phi) is 4.03. The zero-order valence-electron chi connectivity index (χ0n) is 19.4. The van der Waals surface area contributed by atoms with Crippen LogP contribution in [0, 0.1) is 0 Å². The van der Waals surface area contributed by atoms with Crippen molar-refractivity contribution in [2.45, 2.75) is 0 Å². The van der Waals surface area contributed by atoms with E-state index in [1.54, 1.807) is 0 Å². The highest BCUT2D eigenvalue weighted by molar-refractivity contribution is 6.98. The second kappa shape index (κ2) is 7.40. The molecule has 3 heterocycles. The summed E-state index contributed by atoms with van der Waals surface area (Å²) in [6.07, 6.45) is 2.12. The van der Waals surface area contributed by atoms with E-state index in [1.807, 2.05) is 12.1 Å². The van der Waals surface area contributed by atoms with Crippen molar-refractivity contribution in [2.75, 3.05) is 0 Å². The number of hydrogen-bond acceptors (Lipinski definition) is 2. The number of nitrogens with zero attached hydrogens (tertiary/aromatic N) is 1. The van der Waals surface area contributed by atoms with Crippen molar-refractivity contribution in [1.82, 2.24) is 4.57 Å². The SMILES string of the molecule is c1ccc2c(c1)Oc1cc(-c3ccc(-n4ccc5ccccc54)cc3)cc3c1B2c1ccccc1O3. The zero-order chi connectivity index (χ0) is 23.6. The second-order valence-electron chi connectivity index (χ2n) is 9.39. The van der Waals surface area contributed by atoms with Gasteiger partial charge in [-0.25, -0.2) is 0 Å². The molecule has 8 rings (SSSR count). The number of para-hydroxylation sites is 3. The summed E-state index contributed by atoms with van der Waals surface area (Å²) in [6.45, 7) is 0.100. The van der Waals surface area contributed by atoms with Crippen LogP contribution >= 0.6 is 0 Å². The van der Waals surface area contributed by atoms with Gasteiger partial charge in [-0.15, -0.1) is 0 Å². The van der Waals surface area contributed by atoms with E-state index >= 15 is 0 Å². The van der Waals surface area contributed by atoms with E-state index in [-0.39, 0.29) is 6.71 Å². The van der Waals surface area contributed by atoms with Crippen molar-refractivity contribution in [3.63, 3.8) is 0 Å². The Balaban J connectivity index is 1.25. The normalized spacial score (nSPS) is 12.8. The molecule has 0 N–H and O–H groups in total.